The Morgan fingerprint density at radius 1 is 1.08 bits per heavy atom. The quantitative estimate of drug-likeness (QED) is 0.239. The number of anilines is 1. The van der Waals surface area contributed by atoms with Crippen molar-refractivity contribution in [3.05, 3.63) is 93.0 Å². The molecule has 10 heteroatoms. The Kier molecular flexibility index (Phi) is 8.86. The predicted molar refractivity (Wildman–Crippen MR) is 132 cm³/mol. The average Bonchev–Trinajstić information content (AvgIpc) is 2.83. The molecule has 0 fully saturated rings. The van der Waals surface area contributed by atoms with Crippen LogP contribution >= 0.6 is 23.2 Å². The van der Waals surface area contributed by atoms with E-state index in [1.165, 1.54) is 18.2 Å². The number of nitriles is 1. The van der Waals surface area contributed by atoms with Gasteiger partial charge in [0, 0.05) is 10.7 Å². The van der Waals surface area contributed by atoms with Gasteiger partial charge >= 0.3 is 6.18 Å². The number of amides is 1. The molecule has 0 aromatic heterocycles. The summed E-state index contributed by atoms with van der Waals surface area (Å²) in [4.78, 5) is 12.6. The fourth-order valence-electron chi connectivity index (χ4n) is 3.10. The van der Waals surface area contributed by atoms with Gasteiger partial charge in [-0.2, -0.15) is 18.4 Å². The topological polar surface area (TPSA) is 71.3 Å². The second-order valence-electron chi connectivity index (χ2n) is 7.38. The average molecular weight is 535 g/mol. The van der Waals surface area contributed by atoms with Crippen LogP contribution in [-0.4, -0.2) is 12.5 Å². The van der Waals surface area contributed by atoms with Crippen LogP contribution < -0.4 is 14.8 Å². The first-order valence-corrected chi connectivity index (χ1v) is 11.3. The number of rotatable bonds is 8. The summed E-state index contributed by atoms with van der Waals surface area (Å²) in [6.45, 7) is 2.25. The minimum Gasteiger partial charge on any atom is -0.490 e. The molecule has 5 nitrogen and oxygen atoms in total. The Morgan fingerprint density at radius 2 is 1.81 bits per heavy atom. The standard InChI is InChI=1S/C26H19Cl2F3N2O3/c1-2-35-23-12-17(11-22(28)24(23)36-15-16-6-8-20(27)9-7-16)10-18(14-32)25(34)33-21-5-3-4-19(13-21)26(29,30)31/h3-13H,2,15H2,1H3,(H,33,34)/b18-10+. The third kappa shape index (κ3) is 7.17. The van der Waals surface area contributed by atoms with E-state index in [2.05, 4.69) is 5.32 Å². The molecule has 0 aliphatic rings. The summed E-state index contributed by atoms with van der Waals surface area (Å²) in [5.74, 6) is -0.313. The first kappa shape index (κ1) is 26.9. The minimum absolute atomic E-state index is 0.102. The van der Waals surface area contributed by atoms with Crippen molar-refractivity contribution in [3.8, 4) is 17.6 Å². The first-order chi connectivity index (χ1) is 17.1. The van der Waals surface area contributed by atoms with Crippen LogP contribution in [0.4, 0.5) is 18.9 Å². The maximum atomic E-state index is 12.9. The first-order valence-electron chi connectivity index (χ1n) is 10.5. The zero-order chi connectivity index (χ0) is 26.3. The smallest absolute Gasteiger partial charge is 0.416 e. The SMILES string of the molecule is CCOc1cc(/C=C(\C#N)C(=O)Nc2cccc(C(F)(F)F)c2)cc(Cl)c1OCc1ccc(Cl)cc1. The molecule has 3 rings (SSSR count). The van der Waals surface area contributed by atoms with Crippen LogP contribution in [0.2, 0.25) is 10.0 Å². The van der Waals surface area contributed by atoms with Crippen molar-refractivity contribution < 1.29 is 27.4 Å². The molecule has 0 spiro atoms. The molecule has 186 valence electrons. The normalized spacial score (nSPS) is 11.5. The molecule has 36 heavy (non-hydrogen) atoms. The van der Waals surface area contributed by atoms with E-state index in [1.54, 1.807) is 43.3 Å². The maximum absolute atomic E-state index is 12.9. The summed E-state index contributed by atoms with van der Waals surface area (Å²) in [7, 11) is 0. The van der Waals surface area contributed by atoms with Crippen LogP contribution in [0.5, 0.6) is 11.5 Å². The molecule has 0 unspecified atom stereocenters. The van der Waals surface area contributed by atoms with Crippen molar-refractivity contribution in [3.63, 3.8) is 0 Å². The Morgan fingerprint density at radius 3 is 2.44 bits per heavy atom. The monoisotopic (exact) mass is 534 g/mol. The number of nitrogens with zero attached hydrogens (tertiary/aromatic N) is 1. The zero-order valence-corrected chi connectivity index (χ0v) is 20.3. The summed E-state index contributed by atoms with van der Waals surface area (Å²) >= 11 is 12.3. The van der Waals surface area contributed by atoms with E-state index in [0.29, 0.717) is 22.9 Å². The van der Waals surface area contributed by atoms with Gasteiger partial charge in [-0.1, -0.05) is 41.4 Å². The minimum atomic E-state index is -4.57. The number of benzene rings is 3. The molecule has 0 aliphatic carbocycles. The molecular weight excluding hydrogens is 516 g/mol. The molecule has 0 saturated heterocycles. The fourth-order valence-corrected chi connectivity index (χ4v) is 3.50. The summed E-state index contributed by atoms with van der Waals surface area (Å²) in [6, 6.07) is 15.9. The summed E-state index contributed by atoms with van der Waals surface area (Å²) in [5, 5.41) is 12.6. The second kappa shape index (κ2) is 11.8. The Hall–Kier alpha value is -3.67. The van der Waals surface area contributed by atoms with E-state index in [9.17, 15) is 23.2 Å². The number of halogens is 5. The number of ether oxygens (including phenoxy) is 2. The highest BCUT2D eigenvalue weighted by Gasteiger charge is 2.30. The molecule has 3 aromatic carbocycles. The lowest BCUT2D eigenvalue weighted by Crippen LogP contribution is -2.14. The number of hydrogen-bond acceptors (Lipinski definition) is 4. The van der Waals surface area contributed by atoms with Crippen LogP contribution in [0, 0.1) is 11.3 Å². The Labute approximate surface area is 215 Å². The van der Waals surface area contributed by atoms with Crippen molar-refractivity contribution in [2.45, 2.75) is 19.7 Å². The van der Waals surface area contributed by atoms with Crippen molar-refractivity contribution in [2.75, 3.05) is 11.9 Å². The van der Waals surface area contributed by atoms with Crippen molar-refractivity contribution in [1.82, 2.24) is 0 Å². The Balaban J connectivity index is 1.84. The molecule has 3 aromatic rings. The number of alkyl halides is 3. The van der Waals surface area contributed by atoms with Gasteiger partial charge in [-0.05, 0) is 66.6 Å². The number of carbonyl (C=O) groups excluding carboxylic acids is 1. The van der Waals surface area contributed by atoms with Crippen LogP contribution in [0.15, 0.2) is 66.2 Å². The lowest BCUT2D eigenvalue weighted by atomic mass is 10.1. The van der Waals surface area contributed by atoms with Gasteiger partial charge < -0.3 is 14.8 Å². The van der Waals surface area contributed by atoms with Gasteiger partial charge in [0.2, 0.25) is 0 Å². The molecule has 1 amide bonds. The number of hydrogen-bond donors (Lipinski definition) is 1. The molecule has 0 atom stereocenters. The lowest BCUT2D eigenvalue weighted by molar-refractivity contribution is -0.137. The van der Waals surface area contributed by atoms with Crippen LogP contribution in [0.1, 0.15) is 23.6 Å². The summed E-state index contributed by atoms with van der Waals surface area (Å²) in [6.07, 6.45) is -3.32. The third-order valence-electron chi connectivity index (χ3n) is 4.75. The van der Waals surface area contributed by atoms with Gasteiger partial charge in [-0.3, -0.25) is 4.79 Å². The van der Waals surface area contributed by atoms with Crippen molar-refractivity contribution in [2.24, 2.45) is 0 Å². The molecule has 0 aliphatic heterocycles. The molecule has 0 radical (unpaired) electrons. The Bertz CT molecular complexity index is 1320. The van der Waals surface area contributed by atoms with Gasteiger partial charge in [-0.25, -0.2) is 0 Å². The maximum Gasteiger partial charge on any atom is 0.416 e. The van der Waals surface area contributed by atoms with Gasteiger partial charge in [0.1, 0.15) is 18.2 Å². The van der Waals surface area contributed by atoms with E-state index in [-0.39, 0.29) is 28.6 Å². The molecule has 0 heterocycles. The number of carbonyl (C=O) groups is 1. The molecule has 0 bridgehead atoms. The zero-order valence-electron chi connectivity index (χ0n) is 18.8. The van der Waals surface area contributed by atoms with E-state index in [4.69, 9.17) is 32.7 Å². The van der Waals surface area contributed by atoms with Crippen molar-refractivity contribution >= 4 is 40.9 Å². The van der Waals surface area contributed by atoms with E-state index >= 15 is 0 Å². The largest absolute Gasteiger partial charge is 0.490 e. The van der Waals surface area contributed by atoms with E-state index < -0.39 is 17.6 Å². The van der Waals surface area contributed by atoms with Crippen LogP contribution in [0.3, 0.4) is 0 Å². The highest BCUT2D eigenvalue weighted by molar-refractivity contribution is 6.32. The lowest BCUT2D eigenvalue weighted by Gasteiger charge is -2.15. The fraction of sp³-hybridized carbons (Fsp3) is 0.154. The van der Waals surface area contributed by atoms with E-state index in [1.807, 2.05) is 0 Å². The highest BCUT2D eigenvalue weighted by Crippen LogP contribution is 2.38. The highest BCUT2D eigenvalue weighted by atomic mass is 35.5. The molecule has 0 saturated carbocycles. The van der Waals surface area contributed by atoms with Crippen molar-refractivity contribution in [1.29, 1.82) is 5.26 Å². The molecular formula is C26H19Cl2F3N2O3. The number of nitrogens with one attached hydrogen (secondary N) is 1. The van der Waals surface area contributed by atoms with Gasteiger partial charge in [0.25, 0.3) is 5.91 Å². The van der Waals surface area contributed by atoms with Gasteiger partial charge in [0.05, 0.1) is 17.2 Å². The van der Waals surface area contributed by atoms with Crippen LogP contribution in [-0.2, 0) is 17.6 Å². The van der Waals surface area contributed by atoms with Crippen LogP contribution in [0.25, 0.3) is 6.08 Å². The predicted octanol–water partition coefficient (Wildman–Crippen LogP) is 7.54. The third-order valence-corrected chi connectivity index (χ3v) is 5.28. The summed E-state index contributed by atoms with van der Waals surface area (Å²) in [5.41, 5.74) is -0.168. The second-order valence-corrected chi connectivity index (χ2v) is 8.22. The van der Waals surface area contributed by atoms with E-state index in [0.717, 1.165) is 23.8 Å². The van der Waals surface area contributed by atoms with Gasteiger partial charge in [-0.15, -0.1) is 0 Å². The molecule has 1 N–H and O–H groups in total. The summed E-state index contributed by atoms with van der Waals surface area (Å²) < 4.78 is 50.3. The van der Waals surface area contributed by atoms with Gasteiger partial charge in [0.15, 0.2) is 11.5 Å².